The van der Waals surface area contributed by atoms with Crippen LogP contribution in [0.5, 0.6) is 0 Å². The molecule has 1 unspecified atom stereocenters. The zero-order valence-corrected chi connectivity index (χ0v) is 14.8. The lowest BCUT2D eigenvalue weighted by Gasteiger charge is -2.23. The number of hydrogen-bond donors (Lipinski definition) is 1. The molecule has 2 aromatic heterocycles. The minimum Gasteiger partial charge on any atom is -0.326 e. The van der Waals surface area contributed by atoms with Crippen LogP contribution in [0.4, 0.5) is 0 Å². The SMILES string of the molecule is Cc1cc(S(=O)(=O)N(C)C(C)Cc2cccs2)sc1CN. The second-order valence-electron chi connectivity index (χ2n) is 5.03. The summed E-state index contributed by atoms with van der Waals surface area (Å²) in [6.45, 7) is 4.20. The van der Waals surface area contributed by atoms with Gasteiger partial charge in [-0.15, -0.1) is 22.7 Å². The summed E-state index contributed by atoms with van der Waals surface area (Å²) in [5.74, 6) is 0. The lowest BCUT2D eigenvalue weighted by molar-refractivity contribution is 0.389. The van der Waals surface area contributed by atoms with Gasteiger partial charge in [0.2, 0.25) is 0 Å². The van der Waals surface area contributed by atoms with Crippen molar-refractivity contribution in [2.24, 2.45) is 5.73 Å². The quantitative estimate of drug-likeness (QED) is 0.876. The number of nitrogens with two attached hydrogens (primary N) is 1. The van der Waals surface area contributed by atoms with E-state index >= 15 is 0 Å². The van der Waals surface area contributed by atoms with Crippen LogP contribution in [0.3, 0.4) is 0 Å². The Morgan fingerprint density at radius 2 is 2.14 bits per heavy atom. The lowest BCUT2D eigenvalue weighted by atomic mass is 10.2. The molecule has 0 aliphatic rings. The maximum atomic E-state index is 12.7. The Bertz CT molecular complexity index is 690. The normalized spacial score (nSPS) is 13.8. The molecular formula is C14H20N2O2S3. The molecule has 2 rings (SSSR count). The molecule has 0 aliphatic carbocycles. The van der Waals surface area contributed by atoms with Gasteiger partial charge in [0.1, 0.15) is 4.21 Å². The molecule has 2 N–H and O–H groups in total. The second-order valence-corrected chi connectivity index (χ2v) is 9.42. The Morgan fingerprint density at radius 1 is 1.43 bits per heavy atom. The van der Waals surface area contributed by atoms with E-state index in [2.05, 4.69) is 0 Å². The first-order valence-corrected chi connectivity index (χ1v) is 9.79. The maximum Gasteiger partial charge on any atom is 0.252 e. The van der Waals surface area contributed by atoms with E-state index in [0.717, 1.165) is 16.9 Å². The first kappa shape index (κ1) is 16.6. The van der Waals surface area contributed by atoms with Gasteiger partial charge in [-0.1, -0.05) is 6.07 Å². The van der Waals surface area contributed by atoms with Crippen molar-refractivity contribution in [3.63, 3.8) is 0 Å². The summed E-state index contributed by atoms with van der Waals surface area (Å²) in [6.07, 6.45) is 0.724. The number of rotatable bonds is 6. The first-order chi connectivity index (χ1) is 9.86. The van der Waals surface area contributed by atoms with E-state index < -0.39 is 10.0 Å². The number of nitrogens with zero attached hydrogens (tertiary/aromatic N) is 1. The predicted molar refractivity (Wildman–Crippen MR) is 89.4 cm³/mol. The first-order valence-electron chi connectivity index (χ1n) is 6.66. The molecule has 0 bridgehead atoms. The standard InChI is InChI=1S/C14H20N2O2S3/c1-10-7-14(20-13(10)9-15)21(17,18)16(3)11(2)8-12-5-4-6-19-12/h4-7,11H,8-9,15H2,1-3H3. The molecule has 0 spiro atoms. The molecule has 2 aromatic rings. The van der Waals surface area contributed by atoms with Crippen LogP contribution in [0, 0.1) is 6.92 Å². The molecule has 0 radical (unpaired) electrons. The van der Waals surface area contributed by atoms with Gasteiger partial charge in [-0.2, -0.15) is 4.31 Å². The van der Waals surface area contributed by atoms with Gasteiger partial charge in [0.05, 0.1) is 0 Å². The summed E-state index contributed by atoms with van der Waals surface area (Å²) in [6, 6.07) is 5.65. The van der Waals surface area contributed by atoms with Crippen LogP contribution in [0.15, 0.2) is 27.8 Å². The van der Waals surface area contributed by atoms with Crippen molar-refractivity contribution in [1.29, 1.82) is 0 Å². The average molecular weight is 345 g/mol. The van der Waals surface area contributed by atoms with Gasteiger partial charge in [-0.3, -0.25) is 0 Å². The number of thiophene rings is 2. The van der Waals surface area contributed by atoms with Gasteiger partial charge in [0.15, 0.2) is 0 Å². The minimum absolute atomic E-state index is 0.0858. The topological polar surface area (TPSA) is 63.4 Å². The van der Waals surface area contributed by atoms with E-state index in [0.29, 0.717) is 10.8 Å². The van der Waals surface area contributed by atoms with Gasteiger partial charge in [-0.25, -0.2) is 8.42 Å². The molecule has 7 heteroatoms. The van der Waals surface area contributed by atoms with Crippen molar-refractivity contribution in [2.75, 3.05) is 7.05 Å². The van der Waals surface area contributed by atoms with E-state index in [-0.39, 0.29) is 6.04 Å². The van der Waals surface area contributed by atoms with Crippen molar-refractivity contribution in [1.82, 2.24) is 4.31 Å². The molecular weight excluding hydrogens is 324 g/mol. The Labute approximate surface area is 134 Å². The van der Waals surface area contributed by atoms with Crippen molar-refractivity contribution in [3.8, 4) is 0 Å². The van der Waals surface area contributed by atoms with Gasteiger partial charge >= 0.3 is 0 Å². The van der Waals surface area contributed by atoms with Crippen molar-refractivity contribution in [2.45, 2.75) is 37.1 Å². The van der Waals surface area contributed by atoms with Crippen LogP contribution in [0.1, 0.15) is 22.2 Å². The van der Waals surface area contributed by atoms with E-state index in [1.165, 1.54) is 20.5 Å². The molecule has 1 atom stereocenters. The zero-order chi connectivity index (χ0) is 15.6. The molecule has 116 valence electrons. The third kappa shape index (κ3) is 3.54. The third-order valence-electron chi connectivity index (χ3n) is 3.51. The highest BCUT2D eigenvalue weighted by molar-refractivity contribution is 7.91. The van der Waals surface area contributed by atoms with Crippen LogP contribution >= 0.6 is 22.7 Å². The molecule has 0 saturated heterocycles. The van der Waals surface area contributed by atoms with Crippen molar-refractivity contribution >= 4 is 32.7 Å². The molecule has 2 heterocycles. The number of aryl methyl sites for hydroxylation is 1. The number of likely N-dealkylation sites (N-methyl/N-ethyl adjacent to an activating group) is 1. The minimum atomic E-state index is -3.45. The summed E-state index contributed by atoms with van der Waals surface area (Å²) in [5.41, 5.74) is 6.58. The molecule has 0 aliphatic heterocycles. The fourth-order valence-corrected chi connectivity index (χ4v) is 5.89. The van der Waals surface area contributed by atoms with Crippen LogP contribution in [0.25, 0.3) is 0 Å². The van der Waals surface area contributed by atoms with Gasteiger partial charge in [0, 0.05) is 29.4 Å². The van der Waals surface area contributed by atoms with Crippen molar-refractivity contribution in [3.05, 3.63) is 38.9 Å². The summed E-state index contributed by atoms with van der Waals surface area (Å²) in [5, 5.41) is 2.01. The van der Waals surface area contributed by atoms with Gasteiger partial charge in [-0.05, 0) is 43.3 Å². The van der Waals surface area contributed by atoms with E-state index in [9.17, 15) is 8.42 Å². The van der Waals surface area contributed by atoms with E-state index in [1.807, 2.05) is 31.4 Å². The summed E-state index contributed by atoms with van der Waals surface area (Å²) in [7, 11) is -1.81. The van der Waals surface area contributed by atoms with Gasteiger partial charge in [0.25, 0.3) is 10.0 Å². The Morgan fingerprint density at radius 3 is 2.67 bits per heavy atom. The average Bonchev–Trinajstić information content (AvgIpc) is 3.07. The highest BCUT2D eigenvalue weighted by Gasteiger charge is 2.27. The molecule has 0 aromatic carbocycles. The summed E-state index contributed by atoms with van der Waals surface area (Å²) >= 11 is 2.92. The van der Waals surface area contributed by atoms with E-state index in [1.54, 1.807) is 24.5 Å². The zero-order valence-electron chi connectivity index (χ0n) is 12.4. The van der Waals surface area contributed by atoms with Gasteiger partial charge < -0.3 is 5.73 Å². The Balaban J connectivity index is 2.21. The highest BCUT2D eigenvalue weighted by atomic mass is 32.2. The predicted octanol–water partition coefficient (Wildman–Crippen LogP) is 2.83. The summed E-state index contributed by atoms with van der Waals surface area (Å²) < 4.78 is 27.2. The fourth-order valence-electron chi connectivity index (χ4n) is 2.05. The lowest BCUT2D eigenvalue weighted by Crippen LogP contribution is -2.35. The maximum absolute atomic E-state index is 12.7. The molecule has 4 nitrogen and oxygen atoms in total. The van der Waals surface area contributed by atoms with Crippen LogP contribution in [-0.4, -0.2) is 25.8 Å². The molecule has 21 heavy (non-hydrogen) atoms. The summed E-state index contributed by atoms with van der Waals surface area (Å²) in [4.78, 5) is 2.11. The van der Waals surface area contributed by atoms with Crippen molar-refractivity contribution < 1.29 is 8.42 Å². The Hall–Kier alpha value is -0.730. The Kier molecular flexibility index (Phi) is 5.21. The van der Waals surface area contributed by atoms with Crippen LogP contribution in [-0.2, 0) is 23.0 Å². The van der Waals surface area contributed by atoms with Crippen LogP contribution in [0.2, 0.25) is 0 Å². The largest absolute Gasteiger partial charge is 0.326 e. The number of sulfonamides is 1. The molecule has 0 amide bonds. The third-order valence-corrected chi connectivity index (χ3v) is 8.09. The fraction of sp³-hybridized carbons (Fsp3) is 0.429. The van der Waals surface area contributed by atoms with E-state index in [4.69, 9.17) is 5.73 Å². The molecule has 0 fully saturated rings. The monoisotopic (exact) mass is 344 g/mol. The second kappa shape index (κ2) is 6.58. The highest BCUT2D eigenvalue weighted by Crippen LogP contribution is 2.29. The number of hydrogen-bond acceptors (Lipinski definition) is 5. The molecule has 0 saturated carbocycles. The van der Waals surface area contributed by atoms with Crippen LogP contribution < -0.4 is 5.73 Å². The smallest absolute Gasteiger partial charge is 0.252 e.